The first-order valence-electron chi connectivity index (χ1n) is 5.49. The molecule has 1 saturated heterocycles. The van der Waals surface area contributed by atoms with Crippen molar-refractivity contribution in [2.24, 2.45) is 0 Å². The summed E-state index contributed by atoms with van der Waals surface area (Å²) in [7, 11) is 0. The third kappa shape index (κ3) is 2.09. The predicted molar refractivity (Wildman–Crippen MR) is 68.9 cm³/mol. The summed E-state index contributed by atoms with van der Waals surface area (Å²) >= 11 is 3.62. The quantitative estimate of drug-likeness (QED) is 0.793. The maximum Gasteiger partial charge on any atom is 0.143 e. The first kappa shape index (κ1) is 11.9. The molecule has 88 valence electrons. The van der Waals surface area contributed by atoms with Crippen LogP contribution in [0.1, 0.15) is 19.4 Å². The van der Waals surface area contributed by atoms with Crippen LogP contribution < -0.4 is 4.90 Å². The van der Waals surface area contributed by atoms with E-state index in [0.717, 1.165) is 30.0 Å². The highest BCUT2D eigenvalue weighted by Crippen LogP contribution is 2.32. The summed E-state index contributed by atoms with van der Waals surface area (Å²) in [5.41, 5.74) is 1.22. The molecule has 1 aliphatic heterocycles. The molecule has 0 spiro atoms. The Bertz CT molecular complexity index is 393. The number of rotatable bonds is 1. The first-order valence-corrected chi connectivity index (χ1v) is 6.28. The SMILES string of the molecule is Cc1ccnc(N2CCOCC2(C)C)c1Br. The summed E-state index contributed by atoms with van der Waals surface area (Å²) in [6, 6.07) is 2.01. The highest BCUT2D eigenvalue weighted by molar-refractivity contribution is 9.10. The second-order valence-electron chi connectivity index (χ2n) is 4.78. The zero-order valence-corrected chi connectivity index (χ0v) is 11.5. The van der Waals surface area contributed by atoms with Crippen LogP contribution >= 0.6 is 15.9 Å². The molecule has 0 bridgehead atoms. The van der Waals surface area contributed by atoms with Crippen molar-refractivity contribution in [2.45, 2.75) is 26.3 Å². The monoisotopic (exact) mass is 284 g/mol. The lowest BCUT2D eigenvalue weighted by Gasteiger charge is -2.43. The second-order valence-corrected chi connectivity index (χ2v) is 5.58. The van der Waals surface area contributed by atoms with Gasteiger partial charge in [-0.05, 0) is 48.3 Å². The van der Waals surface area contributed by atoms with Gasteiger partial charge in [-0.25, -0.2) is 4.98 Å². The summed E-state index contributed by atoms with van der Waals surface area (Å²) in [5.74, 6) is 1.02. The number of hydrogen-bond acceptors (Lipinski definition) is 3. The molecule has 0 unspecified atom stereocenters. The Morgan fingerprint density at radius 3 is 2.94 bits per heavy atom. The number of aromatic nitrogens is 1. The van der Waals surface area contributed by atoms with E-state index in [1.165, 1.54) is 5.56 Å². The minimum atomic E-state index is 0.00155. The van der Waals surface area contributed by atoms with Crippen LogP contribution in [0.5, 0.6) is 0 Å². The first-order chi connectivity index (χ1) is 7.52. The largest absolute Gasteiger partial charge is 0.377 e. The summed E-state index contributed by atoms with van der Waals surface area (Å²) in [4.78, 5) is 6.79. The second kappa shape index (κ2) is 4.34. The van der Waals surface area contributed by atoms with Gasteiger partial charge in [-0.3, -0.25) is 0 Å². The Labute approximate surface area is 105 Å². The van der Waals surface area contributed by atoms with Crippen LogP contribution in [0, 0.1) is 6.92 Å². The Balaban J connectivity index is 2.39. The van der Waals surface area contributed by atoms with Crippen molar-refractivity contribution in [1.82, 2.24) is 4.98 Å². The number of ether oxygens (including phenoxy) is 1. The van der Waals surface area contributed by atoms with Crippen LogP contribution in [0.15, 0.2) is 16.7 Å². The van der Waals surface area contributed by atoms with Gasteiger partial charge in [0.2, 0.25) is 0 Å². The van der Waals surface area contributed by atoms with Gasteiger partial charge in [0.1, 0.15) is 5.82 Å². The average Bonchev–Trinajstić information content (AvgIpc) is 2.22. The Morgan fingerprint density at radius 1 is 1.50 bits per heavy atom. The summed E-state index contributed by atoms with van der Waals surface area (Å²) in [6.07, 6.45) is 1.86. The van der Waals surface area contributed by atoms with E-state index in [2.05, 4.69) is 46.6 Å². The molecule has 16 heavy (non-hydrogen) atoms. The van der Waals surface area contributed by atoms with Crippen LogP contribution in [0.4, 0.5) is 5.82 Å². The molecule has 1 fully saturated rings. The standard InChI is InChI=1S/C12H17BrN2O/c1-9-4-5-14-11(10(9)13)15-6-7-16-8-12(15,2)3/h4-5H,6-8H2,1-3H3. The minimum absolute atomic E-state index is 0.00155. The molecule has 0 radical (unpaired) electrons. The summed E-state index contributed by atoms with van der Waals surface area (Å²) in [6.45, 7) is 8.86. The summed E-state index contributed by atoms with van der Waals surface area (Å²) < 4.78 is 6.61. The van der Waals surface area contributed by atoms with Gasteiger partial charge in [-0.15, -0.1) is 0 Å². The molecule has 0 N–H and O–H groups in total. The molecular formula is C12H17BrN2O. The fraction of sp³-hybridized carbons (Fsp3) is 0.583. The van der Waals surface area contributed by atoms with Crippen molar-refractivity contribution < 1.29 is 4.74 Å². The van der Waals surface area contributed by atoms with E-state index in [1.807, 2.05) is 12.3 Å². The van der Waals surface area contributed by atoms with E-state index in [-0.39, 0.29) is 5.54 Å². The highest BCUT2D eigenvalue weighted by Gasteiger charge is 2.32. The maximum atomic E-state index is 5.52. The van der Waals surface area contributed by atoms with Crippen molar-refractivity contribution in [2.75, 3.05) is 24.7 Å². The molecule has 0 saturated carbocycles. The van der Waals surface area contributed by atoms with Crippen LogP contribution in [0.2, 0.25) is 0 Å². The van der Waals surface area contributed by atoms with Crippen LogP contribution in [-0.2, 0) is 4.74 Å². The molecular weight excluding hydrogens is 268 g/mol. The molecule has 4 heteroatoms. The maximum absolute atomic E-state index is 5.52. The Morgan fingerprint density at radius 2 is 2.25 bits per heavy atom. The van der Waals surface area contributed by atoms with Crippen molar-refractivity contribution in [3.63, 3.8) is 0 Å². The van der Waals surface area contributed by atoms with E-state index in [0.29, 0.717) is 0 Å². The van der Waals surface area contributed by atoms with E-state index in [1.54, 1.807) is 0 Å². The zero-order chi connectivity index (χ0) is 11.8. The lowest BCUT2D eigenvalue weighted by molar-refractivity contribution is 0.0638. The third-order valence-corrected chi connectivity index (χ3v) is 3.94. The number of halogens is 1. The smallest absolute Gasteiger partial charge is 0.143 e. The van der Waals surface area contributed by atoms with E-state index in [9.17, 15) is 0 Å². The average molecular weight is 285 g/mol. The summed E-state index contributed by atoms with van der Waals surface area (Å²) in [5, 5.41) is 0. The van der Waals surface area contributed by atoms with Gasteiger partial charge in [-0.1, -0.05) is 0 Å². The molecule has 1 aliphatic rings. The number of hydrogen-bond donors (Lipinski definition) is 0. The Hall–Kier alpha value is -0.610. The third-order valence-electron chi connectivity index (χ3n) is 2.96. The van der Waals surface area contributed by atoms with Gasteiger partial charge in [0, 0.05) is 12.7 Å². The van der Waals surface area contributed by atoms with Gasteiger partial charge >= 0.3 is 0 Å². The van der Waals surface area contributed by atoms with E-state index in [4.69, 9.17) is 4.74 Å². The lowest BCUT2D eigenvalue weighted by Crippen LogP contribution is -2.53. The molecule has 0 aliphatic carbocycles. The molecule has 0 amide bonds. The molecule has 0 aromatic carbocycles. The highest BCUT2D eigenvalue weighted by atomic mass is 79.9. The zero-order valence-electron chi connectivity index (χ0n) is 9.96. The van der Waals surface area contributed by atoms with Crippen LogP contribution in [-0.4, -0.2) is 30.3 Å². The van der Waals surface area contributed by atoms with Gasteiger partial charge in [-0.2, -0.15) is 0 Å². The number of morpholine rings is 1. The fourth-order valence-corrected chi connectivity index (χ4v) is 2.41. The fourth-order valence-electron chi connectivity index (χ4n) is 1.96. The molecule has 2 rings (SSSR count). The number of nitrogens with zero attached hydrogens (tertiary/aromatic N) is 2. The van der Waals surface area contributed by atoms with Crippen molar-refractivity contribution in [3.05, 3.63) is 22.3 Å². The van der Waals surface area contributed by atoms with Crippen molar-refractivity contribution >= 4 is 21.7 Å². The Kier molecular flexibility index (Phi) is 3.22. The molecule has 1 aromatic heterocycles. The topological polar surface area (TPSA) is 25.4 Å². The number of aryl methyl sites for hydroxylation is 1. The van der Waals surface area contributed by atoms with Gasteiger partial charge in [0.15, 0.2) is 0 Å². The molecule has 2 heterocycles. The van der Waals surface area contributed by atoms with Crippen LogP contribution in [0.25, 0.3) is 0 Å². The molecule has 1 aromatic rings. The minimum Gasteiger partial charge on any atom is -0.377 e. The van der Waals surface area contributed by atoms with Crippen LogP contribution in [0.3, 0.4) is 0 Å². The molecule has 0 atom stereocenters. The van der Waals surface area contributed by atoms with E-state index < -0.39 is 0 Å². The van der Waals surface area contributed by atoms with Crippen molar-refractivity contribution in [1.29, 1.82) is 0 Å². The van der Waals surface area contributed by atoms with Gasteiger partial charge < -0.3 is 9.64 Å². The van der Waals surface area contributed by atoms with Crippen molar-refractivity contribution in [3.8, 4) is 0 Å². The number of pyridine rings is 1. The normalized spacial score (nSPS) is 19.9. The molecule has 3 nitrogen and oxygen atoms in total. The van der Waals surface area contributed by atoms with Gasteiger partial charge in [0.05, 0.1) is 23.2 Å². The lowest BCUT2D eigenvalue weighted by atomic mass is 10.0. The van der Waals surface area contributed by atoms with E-state index >= 15 is 0 Å². The van der Waals surface area contributed by atoms with Gasteiger partial charge in [0.25, 0.3) is 0 Å². The predicted octanol–water partition coefficient (Wildman–Crippen LogP) is 2.77. The number of anilines is 1.